The third-order valence-corrected chi connectivity index (χ3v) is 9.01. The number of hydrogen-bond donors (Lipinski definition) is 1. The van der Waals surface area contributed by atoms with Gasteiger partial charge in [-0.3, -0.25) is 14.4 Å². The summed E-state index contributed by atoms with van der Waals surface area (Å²) in [6.45, 7) is 7.42. The molecule has 1 atom stereocenters. The molecule has 0 aliphatic heterocycles. The molecule has 0 saturated heterocycles. The van der Waals surface area contributed by atoms with Crippen molar-refractivity contribution >= 4 is 17.9 Å². The topological polar surface area (TPSA) is 99.1 Å². The number of ether oxygens (including phenoxy) is 3. The summed E-state index contributed by atoms with van der Waals surface area (Å²) in [5.41, 5.74) is 0. The van der Waals surface area contributed by atoms with Crippen LogP contribution in [0, 0.1) is 5.92 Å². The van der Waals surface area contributed by atoms with Crippen molar-refractivity contribution in [3.8, 4) is 0 Å². The Labute approximate surface area is 290 Å². The van der Waals surface area contributed by atoms with E-state index in [1.807, 2.05) is 0 Å². The molecule has 0 radical (unpaired) electrons. The first-order chi connectivity index (χ1) is 22.9. The van der Waals surface area contributed by atoms with Crippen molar-refractivity contribution in [2.75, 3.05) is 19.8 Å². The maximum absolute atomic E-state index is 12.3. The molecule has 278 valence electrons. The predicted octanol–water partition coefficient (Wildman–Crippen LogP) is 11.0. The number of carbonyl (C=O) groups is 3. The van der Waals surface area contributed by atoms with Crippen LogP contribution < -0.4 is 0 Å². The van der Waals surface area contributed by atoms with E-state index in [-0.39, 0.29) is 43.1 Å². The molecule has 0 aromatic rings. The zero-order valence-corrected chi connectivity index (χ0v) is 31.2. The number of rotatable bonds is 36. The summed E-state index contributed by atoms with van der Waals surface area (Å²) in [6, 6.07) is 0. The normalized spacial score (nSPS) is 11.9. The quantitative estimate of drug-likeness (QED) is 0.0403. The standard InChI is InChI=1S/C40H76O7/c1-4-7-10-13-14-15-16-17-20-21-28-37(41)29-26-33-45-38(42)32-25-24-27-36(34-46-39(43)30-22-18-11-8-5-2)35-47-40(44)31-23-19-12-9-6-3/h36-37,41H,4-35H2,1-3H3. The van der Waals surface area contributed by atoms with Crippen LogP contribution in [0.2, 0.25) is 0 Å². The SMILES string of the molecule is CCCCCCCCCCCCC(O)CCCOC(=O)CCCCC(COC(=O)CCCCCCC)COC(=O)CCCCCCC. The van der Waals surface area contributed by atoms with Crippen molar-refractivity contribution in [3.63, 3.8) is 0 Å². The molecule has 0 amide bonds. The zero-order chi connectivity index (χ0) is 34.6. The Morgan fingerprint density at radius 2 is 0.766 bits per heavy atom. The van der Waals surface area contributed by atoms with Gasteiger partial charge in [0, 0.05) is 25.2 Å². The molecule has 0 heterocycles. The van der Waals surface area contributed by atoms with Crippen LogP contribution in [-0.4, -0.2) is 48.9 Å². The van der Waals surface area contributed by atoms with Crippen LogP contribution in [0.25, 0.3) is 0 Å². The summed E-state index contributed by atoms with van der Waals surface area (Å²) in [7, 11) is 0. The van der Waals surface area contributed by atoms with E-state index in [0.29, 0.717) is 51.6 Å². The van der Waals surface area contributed by atoms with Crippen molar-refractivity contribution in [1.82, 2.24) is 0 Å². The second kappa shape index (κ2) is 35.7. The molecule has 0 aromatic heterocycles. The van der Waals surface area contributed by atoms with Gasteiger partial charge in [0.25, 0.3) is 0 Å². The Morgan fingerprint density at radius 1 is 0.426 bits per heavy atom. The van der Waals surface area contributed by atoms with Crippen LogP contribution in [0.3, 0.4) is 0 Å². The van der Waals surface area contributed by atoms with Crippen LogP contribution >= 0.6 is 0 Å². The lowest BCUT2D eigenvalue weighted by Crippen LogP contribution is -2.21. The second-order valence-electron chi connectivity index (χ2n) is 13.8. The van der Waals surface area contributed by atoms with Crippen LogP contribution in [0.5, 0.6) is 0 Å². The van der Waals surface area contributed by atoms with Gasteiger partial charge < -0.3 is 19.3 Å². The Kier molecular flexibility index (Phi) is 34.4. The fourth-order valence-electron chi connectivity index (χ4n) is 5.82. The fraction of sp³-hybridized carbons (Fsp3) is 0.925. The van der Waals surface area contributed by atoms with Crippen molar-refractivity contribution in [3.05, 3.63) is 0 Å². The first-order valence-electron chi connectivity index (χ1n) is 20.1. The number of unbranched alkanes of at least 4 members (excludes halogenated alkanes) is 18. The number of carbonyl (C=O) groups excluding carboxylic acids is 3. The van der Waals surface area contributed by atoms with Gasteiger partial charge in [0.1, 0.15) is 0 Å². The van der Waals surface area contributed by atoms with E-state index < -0.39 is 0 Å². The lowest BCUT2D eigenvalue weighted by Gasteiger charge is -2.17. The largest absolute Gasteiger partial charge is 0.466 e. The minimum Gasteiger partial charge on any atom is -0.466 e. The average molecular weight is 669 g/mol. The molecular formula is C40H76O7. The highest BCUT2D eigenvalue weighted by Gasteiger charge is 2.16. The van der Waals surface area contributed by atoms with E-state index in [1.54, 1.807) is 0 Å². The van der Waals surface area contributed by atoms with Crippen LogP contribution in [0.1, 0.15) is 207 Å². The van der Waals surface area contributed by atoms with Gasteiger partial charge in [0.15, 0.2) is 0 Å². The Balaban J connectivity index is 4.13. The molecule has 7 nitrogen and oxygen atoms in total. The molecule has 0 spiro atoms. The van der Waals surface area contributed by atoms with Crippen LogP contribution in [-0.2, 0) is 28.6 Å². The number of aliphatic hydroxyl groups is 1. The van der Waals surface area contributed by atoms with E-state index in [9.17, 15) is 19.5 Å². The summed E-state index contributed by atoms with van der Waals surface area (Å²) < 4.78 is 16.5. The maximum atomic E-state index is 12.3. The molecule has 0 fully saturated rings. The molecule has 1 unspecified atom stereocenters. The van der Waals surface area contributed by atoms with Crippen molar-refractivity contribution < 1.29 is 33.7 Å². The molecule has 0 aliphatic carbocycles. The van der Waals surface area contributed by atoms with Crippen molar-refractivity contribution in [2.45, 2.75) is 213 Å². The Bertz CT molecular complexity index is 681. The van der Waals surface area contributed by atoms with Gasteiger partial charge in [-0.15, -0.1) is 0 Å². The van der Waals surface area contributed by atoms with Crippen molar-refractivity contribution in [2.24, 2.45) is 5.92 Å². The summed E-state index contributed by atoms with van der Waals surface area (Å²) in [6.07, 6.45) is 28.9. The molecule has 0 saturated carbocycles. The van der Waals surface area contributed by atoms with E-state index >= 15 is 0 Å². The molecule has 0 aromatic carbocycles. The molecular weight excluding hydrogens is 592 g/mol. The van der Waals surface area contributed by atoms with Gasteiger partial charge in [-0.1, -0.05) is 143 Å². The van der Waals surface area contributed by atoms with E-state index in [0.717, 1.165) is 57.8 Å². The van der Waals surface area contributed by atoms with Gasteiger partial charge >= 0.3 is 17.9 Å². The van der Waals surface area contributed by atoms with Gasteiger partial charge in [-0.05, 0) is 44.9 Å². The lowest BCUT2D eigenvalue weighted by molar-refractivity contribution is -0.149. The second-order valence-corrected chi connectivity index (χ2v) is 13.8. The Hall–Kier alpha value is -1.63. The predicted molar refractivity (Wildman–Crippen MR) is 193 cm³/mol. The van der Waals surface area contributed by atoms with Crippen LogP contribution in [0.4, 0.5) is 0 Å². The van der Waals surface area contributed by atoms with Gasteiger partial charge in [0.05, 0.1) is 25.9 Å². The Morgan fingerprint density at radius 3 is 1.23 bits per heavy atom. The minimum absolute atomic E-state index is 0.0730. The van der Waals surface area contributed by atoms with E-state index in [1.165, 1.54) is 83.5 Å². The number of esters is 3. The summed E-state index contributed by atoms with van der Waals surface area (Å²) >= 11 is 0. The highest BCUT2D eigenvalue weighted by molar-refractivity contribution is 5.70. The molecule has 0 bridgehead atoms. The van der Waals surface area contributed by atoms with Gasteiger partial charge in [0.2, 0.25) is 0 Å². The van der Waals surface area contributed by atoms with Gasteiger partial charge in [-0.25, -0.2) is 0 Å². The van der Waals surface area contributed by atoms with E-state index in [2.05, 4.69) is 20.8 Å². The average Bonchev–Trinajstić information content (AvgIpc) is 3.06. The summed E-state index contributed by atoms with van der Waals surface area (Å²) in [5, 5.41) is 10.3. The summed E-state index contributed by atoms with van der Waals surface area (Å²) in [4.78, 5) is 36.8. The number of aliphatic hydroxyl groups excluding tert-OH is 1. The lowest BCUT2D eigenvalue weighted by atomic mass is 10.0. The highest BCUT2D eigenvalue weighted by atomic mass is 16.5. The molecule has 0 aliphatic rings. The van der Waals surface area contributed by atoms with E-state index in [4.69, 9.17) is 14.2 Å². The molecule has 7 heteroatoms. The fourth-order valence-corrected chi connectivity index (χ4v) is 5.82. The first kappa shape index (κ1) is 45.4. The third-order valence-electron chi connectivity index (χ3n) is 9.01. The maximum Gasteiger partial charge on any atom is 0.305 e. The monoisotopic (exact) mass is 669 g/mol. The molecule has 0 rings (SSSR count). The van der Waals surface area contributed by atoms with Crippen LogP contribution in [0.15, 0.2) is 0 Å². The highest BCUT2D eigenvalue weighted by Crippen LogP contribution is 2.16. The number of hydrogen-bond acceptors (Lipinski definition) is 7. The minimum atomic E-state index is -0.315. The first-order valence-corrected chi connectivity index (χ1v) is 20.1. The zero-order valence-electron chi connectivity index (χ0n) is 31.2. The third kappa shape index (κ3) is 34.0. The summed E-state index contributed by atoms with van der Waals surface area (Å²) in [5.74, 6) is -0.664. The molecule has 1 N–H and O–H groups in total. The molecule has 47 heavy (non-hydrogen) atoms. The van der Waals surface area contributed by atoms with Crippen molar-refractivity contribution in [1.29, 1.82) is 0 Å². The van der Waals surface area contributed by atoms with Gasteiger partial charge in [-0.2, -0.15) is 0 Å². The smallest absolute Gasteiger partial charge is 0.305 e.